The molecule has 0 fully saturated rings. The highest BCUT2D eigenvalue weighted by Crippen LogP contribution is 2.33. The van der Waals surface area contributed by atoms with E-state index in [1.807, 2.05) is 6.92 Å². The van der Waals surface area contributed by atoms with E-state index in [1.165, 1.54) is 31.3 Å². The monoisotopic (exact) mass is 226 g/mol. The Labute approximate surface area is 100 Å². The van der Waals surface area contributed by atoms with Gasteiger partial charge in [0.25, 0.3) is 0 Å². The van der Waals surface area contributed by atoms with Gasteiger partial charge >= 0.3 is 0 Å². The molecule has 0 aromatic rings. The summed E-state index contributed by atoms with van der Waals surface area (Å²) in [7, 11) is 0. The van der Waals surface area contributed by atoms with Gasteiger partial charge in [0.1, 0.15) is 6.79 Å². The van der Waals surface area contributed by atoms with E-state index in [9.17, 15) is 0 Å². The highest BCUT2D eigenvalue weighted by molar-refractivity contribution is 5.14. The third kappa shape index (κ3) is 4.26. The highest BCUT2D eigenvalue weighted by Gasteiger charge is 2.29. The largest absolute Gasteiger partial charge is 0.356 e. The zero-order valence-electron chi connectivity index (χ0n) is 11.2. The topological polar surface area (TPSA) is 18.5 Å². The molecule has 0 bridgehead atoms. The van der Waals surface area contributed by atoms with Crippen LogP contribution in [0.5, 0.6) is 0 Å². The van der Waals surface area contributed by atoms with Crippen LogP contribution in [-0.4, -0.2) is 19.5 Å². The Kier molecular flexibility index (Phi) is 5.50. The maximum Gasteiger partial charge on any atom is 0.147 e. The maximum atomic E-state index is 5.90. The highest BCUT2D eigenvalue weighted by atomic mass is 16.7. The normalized spacial score (nSPS) is 19.4. The van der Waals surface area contributed by atoms with Gasteiger partial charge in [-0.15, -0.1) is 0 Å². The first-order chi connectivity index (χ1) is 7.55. The van der Waals surface area contributed by atoms with E-state index in [0.29, 0.717) is 6.79 Å². The van der Waals surface area contributed by atoms with Crippen LogP contribution in [0.4, 0.5) is 0 Å². The molecule has 0 aromatic carbocycles. The van der Waals surface area contributed by atoms with Gasteiger partial charge in [0.2, 0.25) is 0 Å². The Morgan fingerprint density at radius 3 is 2.56 bits per heavy atom. The summed E-state index contributed by atoms with van der Waals surface area (Å²) < 4.78 is 11.2. The van der Waals surface area contributed by atoms with Crippen LogP contribution < -0.4 is 0 Å². The van der Waals surface area contributed by atoms with E-state index in [1.54, 1.807) is 0 Å². The van der Waals surface area contributed by atoms with Crippen LogP contribution in [-0.2, 0) is 9.47 Å². The predicted molar refractivity (Wildman–Crippen MR) is 67.4 cm³/mol. The van der Waals surface area contributed by atoms with Crippen LogP contribution in [0.1, 0.15) is 53.4 Å². The van der Waals surface area contributed by atoms with Gasteiger partial charge in [-0.3, -0.25) is 0 Å². The molecule has 1 aliphatic carbocycles. The third-order valence-corrected chi connectivity index (χ3v) is 2.97. The summed E-state index contributed by atoms with van der Waals surface area (Å²) in [5.41, 5.74) is 1.62. The Balaban J connectivity index is 2.59. The smallest absolute Gasteiger partial charge is 0.147 e. The standard InChI is InChI=1S/C14H26O2/c1-5-15-11-16-13(14(2,3)4)12-9-7-6-8-10-12/h9,13H,5-8,10-11H2,1-4H3. The second-order valence-electron chi connectivity index (χ2n) is 5.55. The second kappa shape index (κ2) is 6.41. The van der Waals surface area contributed by atoms with Crippen molar-refractivity contribution in [2.75, 3.05) is 13.4 Å². The van der Waals surface area contributed by atoms with E-state index < -0.39 is 0 Å². The van der Waals surface area contributed by atoms with Crippen LogP contribution in [0.3, 0.4) is 0 Å². The first-order valence-electron chi connectivity index (χ1n) is 6.44. The van der Waals surface area contributed by atoms with E-state index in [2.05, 4.69) is 26.8 Å². The Morgan fingerprint density at radius 2 is 2.06 bits per heavy atom. The van der Waals surface area contributed by atoms with Gasteiger partial charge in [-0.25, -0.2) is 0 Å². The van der Waals surface area contributed by atoms with Gasteiger partial charge in [0.15, 0.2) is 0 Å². The van der Waals surface area contributed by atoms with Gasteiger partial charge in [0.05, 0.1) is 6.10 Å². The molecule has 0 spiro atoms. The first-order valence-corrected chi connectivity index (χ1v) is 6.44. The third-order valence-electron chi connectivity index (χ3n) is 2.97. The summed E-state index contributed by atoms with van der Waals surface area (Å²) >= 11 is 0. The Morgan fingerprint density at radius 1 is 1.31 bits per heavy atom. The lowest BCUT2D eigenvalue weighted by molar-refractivity contribution is -0.105. The number of hydrogen-bond acceptors (Lipinski definition) is 2. The van der Waals surface area contributed by atoms with Crippen molar-refractivity contribution < 1.29 is 9.47 Å². The van der Waals surface area contributed by atoms with Gasteiger partial charge < -0.3 is 9.47 Å². The average Bonchev–Trinajstić information content (AvgIpc) is 2.24. The fraction of sp³-hybridized carbons (Fsp3) is 0.857. The van der Waals surface area contributed by atoms with Gasteiger partial charge in [-0.05, 0) is 43.6 Å². The Hall–Kier alpha value is -0.340. The van der Waals surface area contributed by atoms with Crippen molar-refractivity contribution in [2.24, 2.45) is 5.41 Å². The van der Waals surface area contributed by atoms with E-state index in [0.717, 1.165) is 6.61 Å². The number of rotatable bonds is 5. The van der Waals surface area contributed by atoms with Crippen molar-refractivity contribution >= 4 is 0 Å². The second-order valence-corrected chi connectivity index (χ2v) is 5.55. The number of allylic oxidation sites excluding steroid dienone is 1. The number of ether oxygens (including phenoxy) is 2. The summed E-state index contributed by atoms with van der Waals surface area (Å²) in [5.74, 6) is 0. The molecule has 94 valence electrons. The molecule has 0 aliphatic heterocycles. The molecule has 1 rings (SSSR count). The average molecular weight is 226 g/mol. The molecule has 2 nitrogen and oxygen atoms in total. The molecule has 1 unspecified atom stereocenters. The quantitative estimate of drug-likeness (QED) is 0.402. The summed E-state index contributed by atoms with van der Waals surface area (Å²) in [6.07, 6.45) is 7.60. The lowest BCUT2D eigenvalue weighted by Gasteiger charge is -2.34. The fourth-order valence-electron chi connectivity index (χ4n) is 2.21. The van der Waals surface area contributed by atoms with Crippen LogP contribution in [0.15, 0.2) is 11.6 Å². The summed E-state index contributed by atoms with van der Waals surface area (Å²) in [6.45, 7) is 9.83. The van der Waals surface area contributed by atoms with Crippen molar-refractivity contribution in [1.82, 2.24) is 0 Å². The van der Waals surface area contributed by atoms with Crippen molar-refractivity contribution in [3.63, 3.8) is 0 Å². The van der Waals surface area contributed by atoms with Gasteiger partial charge in [-0.2, -0.15) is 0 Å². The van der Waals surface area contributed by atoms with Crippen molar-refractivity contribution in [3.8, 4) is 0 Å². The van der Waals surface area contributed by atoms with Gasteiger partial charge in [-0.1, -0.05) is 26.8 Å². The van der Waals surface area contributed by atoms with E-state index >= 15 is 0 Å². The minimum Gasteiger partial charge on any atom is -0.356 e. The predicted octanol–water partition coefficient (Wildman–Crippen LogP) is 3.91. The molecule has 0 N–H and O–H groups in total. The molecular formula is C14H26O2. The molecule has 0 saturated heterocycles. The lowest BCUT2D eigenvalue weighted by atomic mass is 9.80. The minimum absolute atomic E-state index is 0.153. The maximum absolute atomic E-state index is 5.90. The van der Waals surface area contributed by atoms with Crippen LogP contribution in [0, 0.1) is 5.41 Å². The zero-order chi connectivity index (χ0) is 12.0. The van der Waals surface area contributed by atoms with E-state index in [4.69, 9.17) is 9.47 Å². The molecule has 0 aromatic heterocycles. The molecule has 1 aliphatic rings. The molecule has 2 heteroatoms. The molecule has 0 heterocycles. The van der Waals surface area contributed by atoms with Crippen LogP contribution in [0.25, 0.3) is 0 Å². The Bertz CT molecular complexity index is 225. The molecular weight excluding hydrogens is 200 g/mol. The molecule has 0 saturated carbocycles. The van der Waals surface area contributed by atoms with E-state index in [-0.39, 0.29) is 11.5 Å². The first kappa shape index (κ1) is 13.7. The molecule has 1 atom stereocenters. The summed E-state index contributed by atoms with van der Waals surface area (Å²) in [4.78, 5) is 0. The molecule has 0 radical (unpaired) electrons. The zero-order valence-corrected chi connectivity index (χ0v) is 11.2. The minimum atomic E-state index is 0.153. The molecule has 16 heavy (non-hydrogen) atoms. The summed E-state index contributed by atoms with van der Waals surface area (Å²) in [5, 5.41) is 0. The van der Waals surface area contributed by atoms with Crippen molar-refractivity contribution in [1.29, 1.82) is 0 Å². The number of hydrogen-bond donors (Lipinski definition) is 0. The van der Waals surface area contributed by atoms with Gasteiger partial charge in [0, 0.05) is 6.61 Å². The molecule has 0 amide bonds. The SMILES string of the molecule is CCOCOC(C1=CCCCC1)C(C)(C)C. The van der Waals surface area contributed by atoms with Crippen LogP contribution in [0.2, 0.25) is 0 Å². The van der Waals surface area contributed by atoms with Crippen molar-refractivity contribution in [3.05, 3.63) is 11.6 Å². The summed E-state index contributed by atoms with van der Waals surface area (Å²) in [6, 6.07) is 0. The van der Waals surface area contributed by atoms with Crippen molar-refractivity contribution in [2.45, 2.75) is 59.5 Å². The fourth-order valence-corrected chi connectivity index (χ4v) is 2.21. The lowest BCUT2D eigenvalue weighted by Crippen LogP contribution is -2.32. The van der Waals surface area contributed by atoms with Crippen LogP contribution >= 0.6 is 0 Å².